The SMILES string of the molecule is CC(C)CCCCCCCCCC(=O)SCCNC(=O)CCNC(=O)[C@@H](O)C(C)(C)COP(=O)(O)OP(=O)(O)OC[C@@H]1O[C@H](n2cnc3c(N)ncnc32)[C@@H](O)[C@H]1OP(=O)(O)O. The lowest BCUT2D eigenvalue weighted by Gasteiger charge is -2.30. The van der Waals surface area contributed by atoms with Crippen molar-refractivity contribution in [2.45, 2.75) is 123 Å². The van der Waals surface area contributed by atoms with Crippen LogP contribution in [0.1, 0.15) is 98.1 Å². The van der Waals surface area contributed by atoms with Gasteiger partial charge in [0.25, 0.3) is 0 Å². The van der Waals surface area contributed by atoms with Crippen LogP contribution in [0, 0.1) is 11.3 Å². The van der Waals surface area contributed by atoms with Crippen molar-refractivity contribution in [2.24, 2.45) is 11.3 Å². The first-order valence-corrected chi connectivity index (χ1v) is 25.5. The van der Waals surface area contributed by atoms with Gasteiger partial charge in [0.1, 0.15) is 36.3 Å². The molecular formula is C34H60N7O17P3S. The number of aromatic nitrogens is 4. The predicted molar refractivity (Wildman–Crippen MR) is 223 cm³/mol. The smallest absolute Gasteiger partial charge is 0.386 e. The molecule has 10 N–H and O–H groups in total. The number of amides is 2. The third-order valence-electron chi connectivity index (χ3n) is 9.43. The number of nitrogens with two attached hydrogens (primary N) is 1. The Balaban J connectivity index is 1.37. The Morgan fingerprint density at radius 1 is 0.935 bits per heavy atom. The van der Waals surface area contributed by atoms with Crippen LogP contribution < -0.4 is 16.4 Å². The molecule has 2 unspecified atom stereocenters. The molecule has 2 amide bonds. The number of aliphatic hydroxyl groups excluding tert-OH is 2. The van der Waals surface area contributed by atoms with Gasteiger partial charge < -0.3 is 50.9 Å². The van der Waals surface area contributed by atoms with Crippen LogP contribution in [0.25, 0.3) is 11.2 Å². The van der Waals surface area contributed by atoms with Gasteiger partial charge in [0.2, 0.25) is 11.8 Å². The highest BCUT2D eigenvalue weighted by molar-refractivity contribution is 8.13. The van der Waals surface area contributed by atoms with Crippen molar-refractivity contribution >= 4 is 69.1 Å². The summed E-state index contributed by atoms with van der Waals surface area (Å²) in [5.41, 5.74) is 4.28. The summed E-state index contributed by atoms with van der Waals surface area (Å²) in [7, 11) is -16.4. The summed E-state index contributed by atoms with van der Waals surface area (Å²) < 4.78 is 62.3. The Bertz CT molecular complexity index is 1920. The molecule has 24 nitrogen and oxygen atoms in total. The zero-order valence-corrected chi connectivity index (χ0v) is 38.5. The van der Waals surface area contributed by atoms with Crippen LogP contribution in [-0.4, -0.2) is 123 Å². The van der Waals surface area contributed by atoms with Crippen molar-refractivity contribution in [3.63, 3.8) is 0 Å². The van der Waals surface area contributed by atoms with Crippen LogP contribution in [0.2, 0.25) is 0 Å². The Labute approximate surface area is 363 Å². The molecule has 1 saturated heterocycles. The van der Waals surface area contributed by atoms with Crippen LogP contribution >= 0.6 is 35.2 Å². The molecule has 1 aliphatic rings. The molecule has 0 bridgehead atoms. The number of carbonyl (C=O) groups is 3. The van der Waals surface area contributed by atoms with Gasteiger partial charge in [-0.05, 0) is 12.3 Å². The lowest BCUT2D eigenvalue weighted by atomic mass is 9.87. The third-order valence-corrected chi connectivity index (χ3v) is 13.5. The monoisotopic (exact) mass is 963 g/mol. The molecule has 7 atom stereocenters. The Kier molecular flexibility index (Phi) is 21.5. The van der Waals surface area contributed by atoms with Crippen LogP contribution in [0.3, 0.4) is 0 Å². The highest BCUT2D eigenvalue weighted by Gasteiger charge is 2.50. The van der Waals surface area contributed by atoms with Crippen molar-refractivity contribution in [3.8, 4) is 0 Å². The molecule has 1 fully saturated rings. The number of fused-ring (bicyclic) bond motifs is 1. The summed E-state index contributed by atoms with van der Waals surface area (Å²) >= 11 is 1.15. The number of aliphatic hydroxyl groups is 2. The maximum Gasteiger partial charge on any atom is 0.481 e. The lowest BCUT2D eigenvalue weighted by Crippen LogP contribution is -2.46. The van der Waals surface area contributed by atoms with Gasteiger partial charge >= 0.3 is 23.5 Å². The maximum absolute atomic E-state index is 12.7. The van der Waals surface area contributed by atoms with Crippen molar-refractivity contribution in [2.75, 3.05) is 37.8 Å². The standard InChI is InChI=1S/C34H60N7O17P3S/c1-22(2)12-10-8-6-5-7-9-11-13-25(43)62-17-16-36-24(42)14-15-37-32(46)29(45)34(3,4)19-55-61(52,53)58-60(50,51)54-18-23-28(57-59(47,48)49)27(44)33(56-23)41-21-40-26-30(35)38-20-39-31(26)41/h20-23,27-29,33,44-45H,5-19H2,1-4H3,(H,36,42)(H,37,46)(H,50,51)(H,52,53)(H2,35,38,39)(H2,47,48,49)/t23-,27-,28-,29+,33-/m0/s1. The number of carbonyl (C=O) groups excluding carboxylic acids is 3. The van der Waals surface area contributed by atoms with Crippen LogP contribution in [0.5, 0.6) is 0 Å². The van der Waals surface area contributed by atoms with E-state index in [1.165, 1.54) is 46.0 Å². The van der Waals surface area contributed by atoms with Gasteiger partial charge in [-0.2, -0.15) is 4.31 Å². The first-order chi connectivity index (χ1) is 28.9. The van der Waals surface area contributed by atoms with Crippen LogP contribution in [0.15, 0.2) is 12.7 Å². The van der Waals surface area contributed by atoms with Gasteiger partial charge in [0.05, 0.1) is 19.5 Å². The van der Waals surface area contributed by atoms with E-state index >= 15 is 0 Å². The fourth-order valence-electron chi connectivity index (χ4n) is 6.07. The average molecular weight is 964 g/mol. The molecule has 3 heterocycles. The van der Waals surface area contributed by atoms with Gasteiger partial charge in [-0.3, -0.25) is 32.5 Å². The summed E-state index contributed by atoms with van der Waals surface area (Å²) in [5.74, 6) is -0.288. The quantitative estimate of drug-likeness (QED) is 0.0418. The first kappa shape index (κ1) is 53.9. The molecule has 0 aliphatic carbocycles. The number of rotatable bonds is 29. The average Bonchev–Trinajstić information content (AvgIpc) is 3.73. The number of hydrogen-bond acceptors (Lipinski definition) is 18. The van der Waals surface area contributed by atoms with Gasteiger partial charge in [0, 0.05) is 37.1 Å². The van der Waals surface area contributed by atoms with Crippen LogP contribution in [0.4, 0.5) is 5.82 Å². The number of ether oxygens (including phenoxy) is 1. The van der Waals surface area contributed by atoms with E-state index in [4.69, 9.17) is 19.5 Å². The number of unbranched alkanes of at least 4 members (excludes halogenated alkanes) is 6. The minimum atomic E-state index is -5.57. The van der Waals surface area contributed by atoms with Gasteiger partial charge in [0.15, 0.2) is 22.8 Å². The van der Waals surface area contributed by atoms with E-state index in [1.807, 2.05) is 0 Å². The van der Waals surface area contributed by atoms with Crippen molar-refractivity contribution in [3.05, 3.63) is 12.7 Å². The number of anilines is 1. The van der Waals surface area contributed by atoms with E-state index in [0.29, 0.717) is 12.2 Å². The minimum Gasteiger partial charge on any atom is -0.386 e. The summed E-state index contributed by atoms with van der Waals surface area (Å²) in [6.45, 7) is 5.03. The molecule has 0 saturated carbocycles. The molecule has 28 heteroatoms. The highest BCUT2D eigenvalue weighted by atomic mass is 32.2. The highest BCUT2D eigenvalue weighted by Crippen LogP contribution is 2.61. The topological polar surface area (TPSA) is 364 Å². The fraction of sp³-hybridized carbons (Fsp3) is 0.765. The second-order valence-corrected chi connectivity index (χ2v) is 21.1. The van der Waals surface area contributed by atoms with Crippen molar-refractivity contribution in [1.82, 2.24) is 30.2 Å². The zero-order chi connectivity index (χ0) is 46.3. The summed E-state index contributed by atoms with van der Waals surface area (Å²) in [6.07, 6.45) is 2.73. The predicted octanol–water partition coefficient (Wildman–Crippen LogP) is 2.83. The summed E-state index contributed by atoms with van der Waals surface area (Å²) in [4.78, 5) is 88.1. The molecule has 0 spiro atoms. The second-order valence-electron chi connectivity index (χ2n) is 15.7. The normalized spacial score (nSPS) is 20.8. The molecule has 2 aromatic heterocycles. The van der Waals surface area contributed by atoms with Crippen molar-refractivity contribution < 1.29 is 80.5 Å². The number of phosphoric ester groups is 3. The fourth-order valence-corrected chi connectivity index (χ4v) is 9.62. The molecule has 62 heavy (non-hydrogen) atoms. The summed E-state index contributed by atoms with van der Waals surface area (Å²) in [5, 5.41) is 26.6. The Morgan fingerprint density at radius 2 is 1.58 bits per heavy atom. The Morgan fingerprint density at radius 3 is 2.24 bits per heavy atom. The largest absolute Gasteiger partial charge is 0.481 e. The molecule has 0 radical (unpaired) electrons. The van der Waals surface area contributed by atoms with Crippen molar-refractivity contribution in [1.29, 1.82) is 0 Å². The maximum atomic E-state index is 12.7. The number of hydrogen-bond donors (Lipinski definition) is 9. The zero-order valence-electron chi connectivity index (χ0n) is 35.0. The molecule has 2 aromatic rings. The molecule has 3 rings (SSSR count). The van der Waals surface area contributed by atoms with Crippen LogP contribution in [-0.2, 0) is 50.7 Å². The van der Waals surface area contributed by atoms with E-state index in [9.17, 15) is 57.9 Å². The lowest BCUT2D eigenvalue weighted by molar-refractivity contribution is -0.137. The minimum absolute atomic E-state index is 0.0331. The van der Waals surface area contributed by atoms with Gasteiger partial charge in [-0.15, -0.1) is 0 Å². The van der Waals surface area contributed by atoms with Gasteiger partial charge in [-0.25, -0.2) is 28.6 Å². The van der Waals surface area contributed by atoms with E-state index in [-0.39, 0.29) is 41.6 Å². The van der Waals surface area contributed by atoms with E-state index in [0.717, 1.165) is 54.2 Å². The van der Waals surface area contributed by atoms with E-state index < -0.39 is 84.6 Å². The molecule has 1 aliphatic heterocycles. The Hall–Kier alpha value is -2.44. The number of thioether (sulfide) groups is 1. The molecular weight excluding hydrogens is 903 g/mol. The number of imidazole rings is 1. The van der Waals surface area contributed by atoms with Gasteiger partial charge in [-0.1, -0.05) is 84.4 Å². The third kappa shape index (κ3) is 18.6. The second kappa shape index (κ2) is 24.7. The number of phosphoric acid groups is 3. The van der Waals surface area contributed by atoms with E-state index in [1.54, 1.807) is 0 Å². The number of nitrogens with one attached hydrogen (secondary N) is 2. The molecule has 354 valence electrons. The van der Waals surface area contributed by atoms with E-state index in [2.05, 4.69) is 48.3 Å². The summed E-state index contributed by atoms with van der Waals surface area (Å²) in [6, 6.07) is 0. The number of nitrogen functional groups attached to an aromatic ring is 1. The number of nitrogens with zero attached hydrogens (tertiary/aromatic N) is 4. The molecule has 0 aromatic carbocycles. The first-order valence-electron chi connectivity index (χ1n) is 20.0.